The summed E-state index contributed by atoms with van der Waals surface area (Å²) in [7, 11) is 0. The third kappa shape index (κ3) is 5.49. The molecule has 144 valence electrons. The van der Waals surface area contributed by atoms with Crippen LogP contribution in [-0.4, -0.2) is 34.3 Å². The van der Waals surface area contributed by atoms with Gasteiger partial charge in [-0.25, -0.2) is 4.79 Å². The first kappa shape index (κ1) is 19.7. The summed E-state index contributed by atoms with van der Waals surface area (Å²) >= 11 is 0. The van der Waals surface area contributed by atoms with Gasteiger partial charge in [-0.3, -0.25) is 4.98 Å². The van der Waals surface area contributed by atoms with Gasteiger partial charge in [0, 0.05) is 24.5 Å². The average Bonchev–Trinajstić information content (AvgIpc) is 2.74. The van der Waals surface area contributed by atoms with Crippen molar-refractivity contribution in [3.63, 3.8) is 0 Å². The number of aromatic nitrogens is 1. The summed E-state index contributed by atoms with van der Waals surface area (Å²) in [5, 5.41) is 22.3. The van der Waals surface area contributed by atoms with Crippen LogP contribution in [-0.2, 0) is 6.42 Å². The van der Waals surface area contributed by atoms with Crippen LogP contribution in [0.3, 0.4) is 0 Å². The first-order valence-electron chi connectivity index (χ1n) is 9.35. The minimum atomic E-state index is -0.913. The maximum Gasteiger partial charge on any atom is 0.335 e. The van der Waals surface area contributed by atoms with Gasteiger partial charge in [-0.05, 0) is 54.3 Å². The minimum absolute atomic E-state index is 0.293. The molecule has 5 nitrogen and oxygen atoms in total. The van der Waals surface area contributed by atoms with Crippen LogP contribution in [0.2, 0.25) is 0 Å². The number of hydrogen-bond acceptors (Lipinski definition) is 4. The van der Waals surface area contributed by atoms with Crippen LogP contribution >= 0.6 is 0 Å². The molecule has 5 heteroatoms. The molecular formula is C23H24N2O3. The van der Waals surface area contributed by atoms with Crippen molar-refractivity contribution in [2.24, 2.45) is 0 Å². The van der Waals surface area contributed by atoms with Gasteiger partial charge in [0.2, 0.25) is 0 Å². The molecular weight excluding hydrogens is 352 g/mol. The second kappa shape index (κ2) is 9.78. The number of nitrogens with zero attached hydrogens (tertiary/aromatic N) is 1. The Hall–Kier alpha value is -3.02. The van der Waals surface area contributed by atoms with Crippen LogP contribution in [0.5, 0.6) is 0 Å². The molecule has 0 fully saturated rings. The molecule has 0 bridgehead atoms. The summed E-state index contributed by atoms with van der Waals surface area (Å²) < 4.78 is 0. The number of aliphatic hydroxyl groups is 1. The molecule has 0 aliphatic carbocycles. The average molecular weight is 376 g/mol. The second-order valence-corrected chi connectivity index (χ2v) is 6.69. The van der Waals surface area contributed by atoms with E-state index in [4.69, 9.17) is 5.11 Å². The number of aryl methyl sites for hydroxylation is 1. The molecule has 0 saturated carbocycles. The molecule has 1 aromatic heterocycles. The van der Waals surface area contributed by atoms with Crippen LogP contribution in [0.25, 0.3) is 11.1 Å². The number of benzene rings is 2. The second-order valence-electron chi connectivity index (χ2n) is 6.69. The molecule has 0 spiro atoms. The molecule has 1 heterocycles. The summed E-state index contributed by atoms with van der Waals surface area (Å²) in [6.07, 6.45) is 4.77. The van der Waals surface area contributed by atoms with Crippen molar-refractivity contribution in [2.45, 2.75) is 18.9 Å². The third-order valence-electron chi connectivity index (χ3n) is 4.64. The SMILES string of the molecule is O=C(O)c1ccc(-c2ccc(CCCNC[C@H](O)c3cccnc3)cc2)cc1. The predicted octanol–water partition coefficient (Wildman–Crippen LogP) is 3.70. The minimum Gasteiger partial charge on any atom is -0.478 e. The van der Waals surface area contributed by atoms with Crippen molar-refractivity contribution < 1.29 is 15.0 Å². The van der Waals surface area contributed by atoms with Gasteiger partial charge < -0.3 is 15.5 Å². The van der Waals surface area contributed by atoms with E-state index in [0.29, 0.717) is 12.1 Å². The van der Waals surface area contributed by atoms with Gasteiger partial charge in [-0.2, -0.15) is 0 Å². The van der Waals surface area contributed by atoms with Crippen LogP contribution in [0.15, 0.2) is 73.1 Å². The molecule has 0 radical (unpaired) electrons. The Morgan fingerprint density at radius 2 is 1.68 bits per heavy atom. The topological polar surface area (TPSA) is 82.5 Å². The van der Waals surface area contributed by atoms with Gasteiger partial charge in [0.15, 0.2) is 0 Å². The zero-order valence-electron chi connectivity index (χ0n) is 15.6. The number of rotatable bonds is 9. The lowest BCUT2D eigenvalue weighted by molar-refractivity contribution is 0.0697. The molecule has 0 saturated heterocycles. The fourth-order valence-corrected chi connectivity index (χ4v) is 3.02. The lowest BCUT2D eigenvalue weighted by Gasteiger charge is -2.11. The van der Waals surface area contributed by atoms with Crippen molar-refractivity contribution in [1.29, 1.82) is 0 Å². The normalized spacial score (nSPS) is 11.9. The molecule has 3 aromatic rings. The smallest absolute Gasteiger partial charge is 0.335 e. The summed E-state index contributed by atoms with van der Waals surface area (Å²) in [5.74, 6) is -0.913. The number of hydrogen-bond donors (Lipinski definition) is 3. The number of aromatic carboxylic acids is 1. The Bertz CT molecular complexity index is 878. The van der Waals surface area contributed by atoms with E-state index in [1.165, 1.54) is 5.56 Å². The summed E-state index contributed by atoms with van der Waals surface area (Å²) in [6.45, 7) is 1.34. The molecule has 0 aliphatic heterocycles. The van der Waals surface area contributed by atoms with Gasteiger partial charge in [0.1, 0.15) is 0 Å². The lowest BCUT2D eigenvalue weighted by Crippen LogP contribution is -2.22. The monoisotopic (exact) mass is 376 g/mol. The number of carboxylic acids is 1. The van der Waals surface area contributed by atoms with Crippen LogP contribution in [0.1, 0.15) is 34.0 Å². The fraction of sp³-hybridized carbons (Fsp3) is 0.217. The number of nitrogens with one attached hydrogen (secondary N) is 1. The Balaban J connectivity index is 1.42. The molecule has 0 amide bonds. The molecule has 0 unspecified atom stereocenters. The molecule has 0 aliphatic rings. The van der Waals surface area contributed by atoms with Crippen LogP contribution in [0, 0.1) is 0 Å². The van der Waals surface area contributed by atoms with E-state index in [2.05, 4.69) is 34.6 Å². The number of pyridine rings is 1. The van der Waals surface area contributed by atoms with E-state index in [0.717, 1.165) is 36.1 Å². The fourth-order valence-electron chi connectivity index (χ4n) is 3.02. The van der Waals surface area contributed by atoms with Crippen LogP contribution in [0.4, 0.5) is 0 Å². The maximum absolute atomic E-state index is 10.9. The predicted molar refractivity (Wildman–Crippen MR) is 109 cm³/mol. The summed E-state index contributed by atoms with van der Waals surface area (Å²) in [4.78, 5) is 14.9. The molecule has 1 atom stereocenters. The highest BCUT2D eigenvalue weighted by atomic mass is 16.4. The van der Waals surface area contributed by atoms with E-state index in [-0.39, 0.29) is 0 Å². The van der Waals surface area contributed by atoms with E-state index in [1.54, 1.807) is 24.5 Å². The van der Waals surface area contributed by atoms with Gasteiger partial charge in [0.05, 0.1) is 11.7 Å². The quantitative estimate of drug-likeness (QED) is 0.496. The standard InChI is InChI=1S/C23H24N2O3/c26-22(21-4-2-14-24-15-21)16-25-13-1-3-17-5-7-18(8-6-17)19-9-11-20(12-10-19)23(27)28/h2,4-12,14-15,22,25-26H,1,3,13,16H2,(H,27,28)/t22-/m0/s1. The van der Waals surface area contributed by atoms with E-state index in [1.807, 2.05) is 24.3 Å². The summed E-state index contributed by atoms with van der Waals surface area (Å²) in [5.41, 5.74) is 4.44. The van der Waals surface area contributed by atoms with Crippen molar-refractivity contribution in [1.82, 2.24) is 10.3 Å². The Morgan fingerprint density at radius 1 is 1.00 bits per heavy atom. The number of carboxylic acid groups (broad SMARTS) is 1. The number of aliphatic hydroxyl groups excluding tert-OH is 1. The first-order valence-corrected chi connectivity index (χ1v) is 9.35. The van der Waals surface area contributed by atoms with Gasteiger partial charge in [-0.15, -0.1) is 0 Å². The molecule has 3 rings (SSSR count). The van der Waals surface area contributed by atoms with E-state index >= 15 is 0 Å². The Labute approximate surface area is 164 Å². The Morgan fingerprint density at radius 3 is 2.29 bits per heavy atom. The zero-order chi connectivity index (χ0) is 19.8. The molecule has 2 aromatic carbocycles. The maximum atomic E-state index is 10.9. The van der Waals surface area contributed by atoms with Gasteiger partial charge >= 0.3 is 5.97 Å². The van der Waals surface area contributed by atoms with Crippen LogP contribution < -0.4 is 5.32 Å². The highest BCUT2D eigenvalue weighted by molar-refractivity contribution is 5.88. The molecule has 3 N–H and O–H groups in total. The third-order valence-corrected chi connectivity index (χ3v) is 4.64. The highest BCUT2D eigenvalue weighted by Gasteiger charge is 2.06. The number of carbonyl (C=O) groups is 1. The van der Waals surface area contributed by atoms with E-state index in [9.17, 15) is 9.90 Å². The molecule has 28 heavy (non-hydrogen) atoms. The van der Waals surface area contributed by atoms with Crippen molar-refractivity contribution >= 4 is 5.97 Å². The van der Waals surface area contributed by atoms with E-state index < -0.39 is 12.1 Å². The highest BCUT2D eigenvalue weighted by Crippen LogP contribution is 2.21. The van der Waals surface area contributed by atoms with Gasteiger partial charge in [0.25, 0.3) is 0 Å². The largest absolute Gasteiger partial charge is 0.478 e. The summed E-state index contributed by atoms with van der Waals surface area (Å²) in [6, 6.07) is 18.9. The van der Waals surface area contributed by atoms with Crippen molar-refractivity contribution in [3.8, 4) is 11.1 Å². The zero-order valence-corrected chi connectivity index (χ0v) is 15.6. The van der Waals surface area contributed by atoms with Gasteiger partial charge in [-0.1, -0.05) is 42.5 Å². The Kier molecular flexibility index (Phi) is 6.89. The van der Waals surface area contributed by atoms with Crippen molar-refractivity contribution in [2.75, 3.05) is 13.1 Å². The lowest BCUT2D eigenvalue weighted by atomic mass is 10.0. The first-order chi connectivity index (χ1) is 13.6. The van der Waals surface area contributed by atoms with Crippen molar-refractivity contribution in [3.05, 3.63) is 89.7 Å².